The number of carbonyl (C=O) groups is 2. The maximum atomic E-state index is 12.7. The van der Waals surface area contributed by atoms with Gasteiger partial charge in [-0.05, 0) is 43.7 Å². The molecule has 2 aromatic rings. The fraction of sp³-hybridized carbons (Fsp3) is 0.389. The van der Waals surface area contributed by atoms with Crippen molar-refractivity contribution >= 4 is 22.8 Å². The van der Waals surface area contributed by atoms with Crippen molar-refractivity contribution in [1.82, 2.24) is 10.3 Å². The lowest BCUT2D eigenvalue weighted by molar-refractivity contribution is -0.139. The Labute approximate surface area is 133 Å². The zero-order valence-corrected chi connectivity index (χ0v) is 12.7. The predicted molar refractivity (Wildman–Crippen MR) is 85.3 cm³/mol. The summed E-state index contributed by atoms with van der Waals surface area (Å²) in [7, 11) is 0. The van der Waals surface area contributed by atoms with Crippen molar-refractivity contribution in [3.63, 3.8) is 0 Å². The number of carboxylic acids is 1. The Kier molecular flexibility index (Phi) is 3.29. The van der Waals surface area contributed by atoms with Crippen LogP contribution in [-0.2, 0) is 4.79 Å². The molecule has 2 N–H and O–H groups in total. The van der Waals surface area contributed by atoms with Gasteiger partial charge in [0.1, 0.15) is 6.04 Å². The van der Waals surface area contributed by atoms with E-state index in [1.165, 1.54) is 0 Å². The lowest BCUT2D eigenvalue weighted by Crippen LogP contribution is -2.42. The standard InChI is InChI=1S/C18H18N2O3/c21-17(20-16(18(22)23)11-7-8-11)13-9-15(10-5-6-10)19-14-4-2-1-3-12(13)14/h1-4,9-11,16H,5-8H2,(H,20,21)(H,22,23). The quantitative estimate of drug-likeness (QED) is 0.890. The third-order valence-corrected chi connectivity index (χ3v) is 4.62. The molecule has 1 atom stereocenters. The number of nitrogens with zero attached hydrogens (tertiary/aromatic N) is 1. The number of aromatic nitrogens is 1. The first kappa shape index (κ1) is 14.2. The largest absolute Gasteiger partial charge is 0.480 e. The number of carbonyl (C=O) groups excluding carboxylic acids is 1. The summed E-state index contributed by atoms with van der Waals surface area (Å²) in [5.74, 6) is -0.774. The van der Waals surface area contributed by atoms with Gasteiger partial charge in [-0.3, -0.25) is 9.78 Å². The van der Waals surface area contributed by atoms with Crippen LogP contribution in [0.25, 0.3) is 10.9 Å². The number of pyridine rings is 1. The second-order valence-corrected chi connectivity index (χ2v) is 6.51. The van der Waals surface area contributed by atoms with Crippen LogP contribution >= 0.6 is 0 Å². The molecule has 1 heterocycles. The smallest absolute Gasteiger partial charge is 0.326 e. The van der Waals surface area contributed by atoms with Crippen molar-refractivity contribution in [3.05, 3.63) is 41.6 Å². The van der Waals surface area contributed by atoms with Crippen molar-refractivity contribution in [1.29, 1.82) is 0 Å². The highest BCUT2D eigenvalue weighted by Crippen LogP contribution is 2.40. The van der Waals surface area contributed by atoms with E-state index in [0.29, 0.717) is 11.5 Å². The Bertz CT molecular complexity index is 794. The molecule has 0 bridgehead atoms. The lowest BCUT2D eigenvalue weighted by Gasteiger charge is -2.15. The molecule has 0 spiro atoms. The molecular formula is C18H18N2O3. The van der Waals surface area contributed by atoms with E-state index in [9.17, 15) is 14.7 Å². The number of para-hydroxylation sites is 1. The van der Waals surface area contributed by atoms with Gasteiger partial charge >= 0.3 is 5.97 Å². The Hall–Kier alpha value is -2.43. The molecule has 2 fully saturated rings. The molecule has 0 saturated heterocycles. The van der Waals surface area contributed by atoms with Crippen LogP contribution in [0.4, 0.5) is 0 Å². The molecule has 0 radical (unpaired) electrons. The molecule has 1 aromatic heterocycles. The van der Waals surface area contributed by atoms with E-state index in [-0.39, 0.29) is 11.8 Å². The van der Waals surface area contributed by atoms with Crippen LogP contribution in [0.2, 0.25) is 0 Å². The number of carboxylic acid groups (broad SMARTS) is 1. The number of nitrogens with one attached hydrogen (secondary N) is 1. The number of fused-ring (bicyclic) bond motifs is 1. The van der Waals surface area contributed by atoms with Gasteiger partial charge in [0.15, 0.2) is 0 Å². The average molecular weight is 310 g/mol. The maximum absolute atomic E-state index is 12.7. The Morgan fingerprint density at radius 1 is 1.17 bits per heavy atom. The van der Waals surface area contributed by atoms with E-state index in [1.807, 2.05) is 30.3 Å². The SMILES string of the molecule is O=C(NC(C(=O)O)C1CC1)c1cc(C2CC2)nc2ccccc12. The topological polar surface area (TPSA) is 79.3 Å². The minimum absolute atomic E-state index is 0.0625. The van der Waals surface area contributed by atoms with E-state index < -0.39 is 12.0 Å². The summed E-state index contributed by atoms with van der Waals surface area (Å²) in [5, 5.41) is 12.8. The second-order valence-electron chi connectivity index (χ2n) is 6.51. The zero-order valence-electron chi connectivity index (χ0n) is 12.7. The van der Waals surface area contributed by atoms with Crippen molar-refractivity contribution < 1.29 is 14.7 Å². The number of aliphatic carboxylic acids is 1. The lowest BCUT2D eigenvalue weighted by atomic mass is 10.0. The van der Waals surface area contributed by atoms with E-state index in [4.69, 9.17) is 0 Å². The van der Waals surface area contributed by atoms with Gasteiger partial charge in [-0.2, -0.15) is 0 Å². The van der Waals surface area contributed by atoms with Gasteiger partial charge in [0.2, 0.25) is 0 Å². The summed E-state index contributed by atoms with van der Waals surface area (Å²) in [6.07, 6.45) is 3.93. The summed E-state index contributed by atoms with van der Waals surface area (Å²) in [5.41, 5.74) is 2.26. The van der Waals surface area contributed by atoms with Gasteiger partial charge in [0, 0.05) is 17.0 Å². The van der Waals surface area contributed by atoms with Crippen molar-refractivity contribution in [2.45, 2.75) is 37.6 Å². The molecule has 2 aliphatic rings. The van der Waals surface area contributed by atoms with Crippen LogP contribution in [0.5, 0.6) is 0 Å². The Morgan fingerprint density at radius 3 is 2.57 bits per heavy atom. The van der Waals surface area contributed by atoms with Crippen LogP contribution < -0.4 is 5.32 Å². The van der Waals surface area contributed by atoms with Gasteiger partial charge in [0.05, 0.1) is 11.1 Å². The monoisotopic (exact) mass is 310 g/mol. The van der Waals surface area contributed by atoms with E-state index in [0.717, 1.165) is 42.3 Å². The van der Waals surface area contributed by atoms with Gasteiger partial charge in [-0.1, -0.05) is 18.2 Å². The van der Waals surface area contributed by atoms with Gasteiger partial charge in [-0.15, -0.1) is 0 Å². The minimum Gasteiger partial charge on any atom is -0.480 e. The van der Waals surface area contributed by atoms with E-state index >= 15 is 0 Å². The van der Waals surface area contributed by atoms with Crippen molar-refractivity contribution in [3.8, 4) is 0 Å². The molecule has 1 amide bonds. The van der Waals surface area contributed by atoms with Crippen LogP contribution in [0, 0.1) is 5.92 Å². The molecule has 2 aliphatic carbocycles. The number of benzene rings is 1. The average Bonchev–Trinajstić information content (AvgIpc) is 3.43. The highest BCUT2D eigenvalue weighted by atomic mass is 16.4. The molecule has 0 aliphatic heterocycles. The number of amides is 1. The minimum atomic E-state index is -0.957. The number of hydrogen-bond acceptors (Lipinski definition) is 3. The second kappa shape index (κ2) is 5.33. The molecule has 1 unspecified atom stereocenters. The number of rotatable bonds is 5. The molecular weight excluding hydrogens is 292 g/mol. The van der Waals surface area contributed by atoms with Crippen molar-refractivity contribution in [2.75, 3.05) is 0 Å². The fourth-order valence-electron chi connectivity index (χ4n) is 3.00. The van der Waals surface area contributed by atoms with Crippen LogP contribution in [0.3, 0.4) is 0 Å². The molecule has 23 heavy (non-hydrogen) atoms. The highest BCUT2D eigenvalue weighted by molar-refractivity contribution is 6.07. The molecule has 118 valence electrons. The third kappa shape index (κ3) is 2.79. The first-order valence-corrected chi connectivity index (χ1v) is 8.07. The van der Waals surface area contributed by atoms with Gasteiger partial charge < -0.3 is 10.4 Å². The Morgan fingerprint density at radius 2 is 1.91 bits per heavy atom. The molecule has 2 saturated carbocycles. The van der Waals surface area contributed by atoms with E-state index in [1.54, 1.807) is 0 Å². The maximum Gasteiger partial charge on any atom is 0.326 e. The van der Waals surface area contributed by atoms with Gasteiger partial charge in [-0.25, -0.2) is 4.79 Å². The van der Waals surface area contributed by atoms with Crippen LogP contribution in [-0.4, -0.2) is 28.0 Å². The molecule has 5 nitrogen and oxygen atoms in total. The molecule has 4 rings (SSSR count). The van der Waals surface area contributed by atoms with Gasteiger partial charge in [0.25, 0.3) is 5.91 Å². The predicted octanol–water partition coefficient (Wildman–Crippen LogP) is 2.71. The zero-order chi connectivity index (χ0) is 16.0. The van der Waals surface area contributed by atoms with E-state index in [2.05, 4.69) is 10.3 Å². The normalized spacial score (nSPS) is 18.6. The highest BCUT2D eigenvalue weighted by Gasteiger charge is 2.37. The summed E-state index contributed by atoms with van der Waals surface area (Å²) >= 11 is 0. The summed E-state index contributed by atoms with van der Waals surface area (Å²) in [4.78, 5) is 28.7. The molecule has 5 heteroatoms. The summed E-state index contributed by atoms with van der Waals surface area (Å²) < 4.78 is 0. The fourth-order valence-corrected chi connectivity index (χ4v) is 3.00. The van der Waals surface area contributed by atoms with Crippen molar-refractivity contribution in [2.24, 2.45) is 5.92 Å². The summed E-state index contributed by atoms with van der Waals surface area (Å²) in [6, 6.07) is 8.57. The molecule has 1 aromatic carbocycles. The van der Waals surface area contributed by atoms with Crippen LogP contribution in [0.15, 0.2) is 30.3 Å². The Balaban J connectivity index is 1.71. The summed E-state index contributed by atoms with van der Waals surface area (Å²) in [6.45, 7) is 0. The first-order valence-electron chi connectivity index (χ1n) is 8.07. The number of hydrogen-bond donors (Lipinski definition) is 2. The third-order valence-electron chi connectivity index (χ3n) is 4.62. The van der Waals surface area contributed by atoms with Crippen LogP contribution in [0.1, 0.15) is 47.7 Å². The first-order chi connectivity index (χ1) is 11.1.